The first-order valence-corrected chi connectivity index (χ1v) is 10.5. The highest BCUT2D eigenvalue weighted by Crippen LogP contribution is 2.33. The number of nitrogens with one attached hydrogen (secondary N) is 1. The van der Waals surface area contributed by atoms with Gasteiger partial charge in [0.1, 0.15) is 16.5 Å². The lowest BCUT2D eigenvalue weighted by Gasteiger charge is -2.32. The number of hydrogen-bond acceptors (Lipinski definition) is 5. The number of ether oxygens (including phenoxy) is 1. The van der Waals surface area contributed by atoms with Gasteiger partial charge in [0.05, 0.1) is 12.7 Å². The number of thiocarbonyl (C=S) groups is 1. The smallest absolute Gasteiger partial charge is 0.129 e. The number of likely N-dealkylation sites (N-methyl/N-ethyl adjacent to an activating group) is 1. The molecule has 5 nitrogen and oxygen atoms in total. The number of nitrogens with zero attached hydrogens (tertiary/aromatic N) is 2. The summed E-state index contributed by atoms with van der Waals surface area (Å²) in [6.45, 7) is 9.61. The highest BCUT2D eigenvalue weighted by molar-refractivity contribution is 7.81. The van der Waals surface area contributed by atoms with Crippen molar-refractivity contribution in [2.45, 2.75) is 26.3 Å². The number of rotatable bonds is 6. The summed E-state index contributed by atoms with van der Waals surface area (Å²) in [5, 5.41) is 13.7. The second-order valence-corrected chi connectivity index (χ2v) is 8.40. The van der Waals surface area contributed by atoms with Crippen molar-refractivity contribution in [2.75, 3.05) is 45.7 Å². The van der Waals surface area contributed by atoms with Crippen molar-refractivity contribution < 1.29 is 9.84 Å². The minimum Gasteiger partial charge on any atom is -0.507 e. The summed E-state index contributed by atoms with van der Waals surface area (Å²) in [6.07, 6.45) is 0. The Kier molecular flexibility index (Phi) is 7.11. The molecule has 29 heavy (non-hydrogen) atoms. The molecule has 2 N–H and O–H groups in total. The van der Waals surface area contributed by atoms with E-state index in [1.54, 1.807) is 13.2 Å². The zero-order valence-electron chi connectivity index (χ0n) is 17.7. The van der Waals surface area contributed by atoms with Crippen LogP contribution in [0.25, 0.3) is 0 Å². The third-order valence-corrected chi connectivity index (χ3v) is 5.75. The third-order valence-electron chi connectivity index (χ3n) is 5.43. The maximum atomic E-state index is 10.4. The van der Waals surface area contributed by atoms with E-state index in [0.29, 0.717) is 16.3 Å². The average Bonchev–Trinajstić information content (AvgIpc) is 2.70. The molecule has 1 aliphatic rings. The number of hydrogen-bond donors (Lipinski definition) is 2. The van der Waals surface area contributed by atoms with E-state index in [1.165, 1.54) is 5.56 Å². The van der Waals surface area contributed by atoms with Gasteiger partial charge in [-0.2, -0.15) is 0 Å². The highest BCUT2D eigenvalue weighted by atomic mass is 32.1. The number of phenolic OH excluding ortho intramolecular Hbond substituents is 1. The SMILES string of the molecule is COc1cc(O)c(C(=S)Nc2ccc(CN3CCN(C)CC3)cc2)cc1C(C)C. The Morgan fingerprint density at radius 1 is 1.14 bits per heavy atom. The average molecular weight is 414 g/mol. The topological polar surface area (TPSA) is 48.0 Å². The summed E-state index contributed by atoms with van der Waals surface area (Å²) in [5.41, 5.74) is 3.84. The standard InChI is InChI=1S/C23H31N3O2S/c1-16(2)19-13-20(21(27)14-22(19)28-4)23(29)24-18-7-5-17(6-8-18)15-26-11-9-25(3)10-12-26/h5-8,13-14,16,27H,9-12,15H2,1-4H3,(H,24,29). The number of piperazine rings is 1. The molecule has 0 aromatic heterocycles. The Morgan fingerprint density at radius 2 is 1.79 bits per heavy atom. The molecule has 0 radical (unpaired) electrons. The van der Waals surface area contributed by atoms with E-state index in [9.17, 15) is 5.11 Å². The Bertz CT molecular complexity index is 844. The van der Waals surface area contributed by atoms with E-state index in [2.05, 4.69) is 48.1 Å². The van der Waals surface area contributed by atoms with Gasteiger partial charge >= 0.3 is 0 Å². The number of methoxy groups -OCH3 is 1. The van der Waals surface area contributed by atoms with Crippen LogP contribution in [-0.2, 0) is 6.54 Å². The van der Waals surface area contributed by atoms with Crippen molar-refractivity contribution in [2.24, 2.45) is 0 Å². The fourth-order valence-corrected chi connectivity index (χ4v) is 3.83. The van der Waals surface area contributed by atoms with Crippen LogP contribution in [0.5, 0.6) is 11.5 Å². The summed E-state index contributed by atoms with van der Waals surface area (Å²) in [5.74, 6) is 1.06. The largest absolute Gasteiger partial charge is 0.507 e. The van der Waals surface area contributed by atoms with Crippen LogP contribution in [0.1, 0.15) is 36.5 Å². The van der Waals surface area contributed by atoms with Gasteiger partial charge in [-0.3, -0.25) is 4.90 Å². The van der Waals surface area contributed by atoms with Crippen LogP contribution in [0.15, 0.2) is 36.4 Å². The van der Waals surface area contributed by atoms with Crippen LogP contribution >= 0.6 is 12.2 Å². The van der Waals surface area contributed by atoms with Gasteiger partial charge in [0.15, 0.2) is 0 Å². The van der Waals surface area contributed by atoms with E-state index >= 15 is 0 Å². The normalized spacial score (nSPS) is 15.5. The van der Waals surface area contributed by atoms with Crippen LogP contribution in [0.4, 0.5) is 5.69 Å². The first kappa shape index (κ1) is 21.6. The Labute approximate surface area is 179 Å². The number of aromatic hydroxyl groups is 1. The van der Waals surface area contributed by atoms with E-state index in [-0.39, 0.29) is 11.7 Å². The fourth-order valence-electron chi connectivity index (χ4n) is 3.55. The molecular formula is C23H31N3O2S. The minimum atomic E-state index is 0.121. The lowest BCUT2D eigenvalue weighted by atomic mass is 9.98. The zero-order chi connectivity index (χ0) is 21.0. The highest BCUT2D eigenvalue weighted by Gasteiger charge is 2.16. The van der Waals surface area contributed by atoms with E-state index in [0.717, 1.165) is 44.0 Å². The quantitative estimate of drug-likeness (QED) is 0.697. The second-order valence-electron chi connectivity index (χ2n) is 8.00. The van der Waals surface area contributed by atoms with Gasteiger partial charge in [-0.1, -0.05) is 38.2 Å². The van der Waals surface area contributed by atoms with Crippen LogP contribution in [0, 0.1) is 0 Å². The number of benzene rings is 2. The van der Waals surface area contributed by atoms with Crippen molar-refractivity contribution in [3.8, 4) is 11.5 Å². The summed E-state index contributed by atoms with van der Waals surface area (Å²) >= 11 is 5.57. The monoisotopic (exact) mass is 413 g/mol. The third kappa shape index (κ3) is 5.47. The first-order chi connectivity index (χ1) is 13.9. The van der Waals surface area contributed by atoms with Gasteiger partial charge in [-0.25, -0.2) is 0 Å². The molecular weight excluding hydrogens is 382 g/mol. The molecule has 0 amide bonds. The Hall–Kier alpha value is -2.15. The number of anilines is 1. The van der Waals surface area contributed by atoms with Gasteiger partial charge in [-0.15, -0.1) is 0 Å². The molecule has 0 bridgehead atoms. The molecule has 156 valence electrons. The maximum Gasteiger partial charge on any atom is 0.129 e. The van der Waals surface area contributed by atoms with E-state index < -0.39 is 0 Å². The molecule has 0 saturated carbocycles. The lowest BCUT2D eigenvalue weighted by Crippen LogP contribution is -2.43. The molecule has 0 atom stereocenters. The van der Waals surface area contributed by atoms with Gasteiger partial charge in [0, 0.05) is 44.5 Å². The molecule has 2 aromatic carbocycles. The fraction of sp³-hybridized carbons (Fsp3) is 0.435. The predicted octanol–water partition coefficient (Wildman–Crippen LogP) is 4.06. The van der Waals surface area contributed by atoms with Gasteiger partial charge in [-0.05, 0) is 42.3 Å². The zero-order valence-corrected chi connectivity index (χ0v) is 18.6. The Morgan fingerprint density at radius 3 is 2.38 bits per heavy atom. The number of phenols is 1. The van der Waals surface area contributed by atoms with Crippen LogP contribution in [0.3, 0.4) is 0 Å². The molecule has 1 aliphatic heterocycles. The summed E-state index contributed by atoms with van der Waals surface area (Å²) in [6, 6.07) is 11.9. The molecule has 1 heterocycles. The molecule has 6 heteroatoms. The summed E-state index contributed by atoms with van der Waals surface area (Å²) < 4.78 is 5.39. The molecule has 3 rings (SSSR count). The van der Waals surface area contributed by atoms with Crippen LogP contribution in [-0.4, -0.2) is 60.2 Å². The van der Waals surface area contributed by atoms with Crippen molar-refractivity contribution in [3.63, 3.8) is 0 Å². The van der Waals surface area contributed by atoms with Gasteiger partial charge in [0.25, 0.3) is 0 Å². The maximum absolute atomic E-state index is 10.4. The molecule has 0 spiro atoms. The van der Waals surface area contributed by atoms with E-state index in [4.69, 9.17) is 17.0 Å². The van der Waals surface area contributed by atoms with Crippen molar-refractivity contribution in [3.05, 3.63) is 53.1 Å². The molecule has 0 aliphatic carbocycles. The Balaban J connectivity index is 1.67. The van der Waals surface area contributed by atoms with E-state index in [1.807, 2.05) is 18.2 Å². The van der Waals surface area contributed by atoms with Crippen molar-refractivity contribution >= 4 is 22.9 Å². The van der Waals surface area contributed by atoms with Crippen LogP contribution in [0.2, 0.25) is 0 Å². The van der Waals surface area contributed by atoms with Gasteiger partial charge in [0.2, 0.25) is 0 Å². The van der Waals surface area contributed by atoms with Crippen molar-refractivity contribution in [1.82, 2.24) is 9.80 Å². The molecule has 1 saturated heterocycles. The minimum absolute atomic E-state index is 0.121. The lowest BCUT2D eigenvalue weighted by molar-refractivity contribution is 0.148. The van der Waals surface area contributed by atoms with Gasteiger partial charge < -0.3 is 20.1 Å². The molecule has 2 aromatic rings. The van der Waals surface area contributed by atoms with Crippen molar-refractivity contribution in [1.29, 1.82) is 0 Å². The predicted molar refractivity (Wildman–Crippen MR) is 123 cm³/mol. The first-order valence-electron chi connectivity index (χ1n) is 10.1. The molecule has 0 unspecified atom stereocenters. The second kappa shape index (κ2) is 9.57. The summed E-state index contributed by atoms with van der Waals surface area (Å²) in [7, 11) is 3.78. The van der Waals surface area contributed by atoms with Crippen LogP contribution < -0.4 is 10.1 Å². The summed E-state index contributed by atoms with van der Waals surface area (Å²) in [4.78, 5) is 5.35. The molecule has 1 fully saturated rings.